The van der Waals surface area contributed by atoms with Crippen molar-refractivity contribution in [3.8, 4) is 5.75 Å². The number of thioether (sulfide) groups is 1. The summed E-state index contributed by atoms with van der Waals surface area (Å²) in [5.74, 6) is 1.12. The number of carbonyl (C=O) groups is 2. The van der Waals surface area contributed by atoms with Gasteiger partial charge in [0.2, 0.25) is 5.91 Å². The van der Waals surface area contributed by atoms with Gasteiger partial charge in [-0.2, -0.15) is 9.61 Å². The Kier molecular flexibility index (Phi) is 7.84. The number of hydrogen-bond donors (Lipinski definition) is 2. The van der Waals surface area contributed by atoms with Crippen molar-refractivity contribution in [1.29, 1.82) is 0 Å². The van der Waals surface area contributed by atoms with Crippen LogP contribution in [0.25, 0.3) is 5.65 Å². The highest BCUT2D eigenvalue weighted by Crippen LogP contribution is 2.21. The lowest BCUT2D eigenvalue weighted by atomic mass is 10.2. The summed E-state index contributed by atoms with van der Waals surface area (Å²) in [6.45, 7) is 2.27. The molecule has 180 valence electrons. The van der Waals surface area contributed by atoms with Crippen molar-refractivity contribution in [2.75, 3.05) is 24.7 Å². The summed E-state index contributed by atoms with van der Waals surface area (Å²) in [4.78, 5) is 24.7. The van der Waals surface area contributed by atoms with Gasteiger partial charge in [-0.05, 0) is 61.0 Å². The number of benzene rings is 2. The average Bonchev–Trinajstić information content (AvgIpc) is 3.27. The zero-order valence-electron chi connectivity index (χ0n) is 19.1. The Morgan fingerprint density at radius 1 is 1.09 bits per heavy atom. The summed E-state index contributed by atoms with van der Waals surface area (Å²) in [5, 5.41) is 19.8. The number of nitrogens with one attached hydrogen (secondary N) is 2. The van der Waals surface area contributed by atoms with Gasteiger partial charge in [0.1, 0.15) is 10.8 Å². The van der Waals surface area contributed by atoms with Crippen LogP contribution in [0.5, 0.6) is 5.75 Å². The molecule has 11 heteroatoms. The van der Waals surface area contributed by atoms with Crippen LogP contribution in [-0.2, 0) is 11.2 Å². The van der Waals surface area contributed by atoms with Crippen LogP contribution in [0.15, 0.2) is 59.6 Å². The number of anilines is 1. The largest absolute Gasteiger partial charge is 0.497 e. The van der Waals surface area contributed by atoms with E-state index >= 15 is 0 Å². The quantitative estimate of drug-likeness (QED) is 0.329. The van der Waals surface area contributed by atoms with Crippen molar-refractivity contribution in [3.05, 3.63) is 76.6 Å². The van der Waals surface area contributed by atoms with Crippen molar-refractivity contribution in [2.24, 2.45) is 0 Å². The number of amides is 2. The molecule has 2 heterocycles. The fourth-order valence-electron chi connectivity index (χ4n) is 3.19. The smallest absolute Gasteiger partial charge is 0.251 e. The third kappa shape index (κ3) is 6.28. The Morgan fingerprint density at radius 3 is 2.63 bits per heavy atom. The Morgan fingerprint density at radius 2 is 1.89 bits per heavy atom. The highest BCUT2D eigenvalue weighted by Gasteiger charge is 2.11. The monoisotopic (exact) mass is 510 g/mol. The van der Waals surface area contributed by atoms with E-state index in [-0.39, 0.29) is 17.6 Å². The van der Waals surface area contributed by atoms with Crippen molar-refractivity contribution < 1.29 is 14.3 Å². The van der Waals surface area contributed by atoms with Gasteiger partial charge in [0, 0.05) is 29.2 Å². The molecule has 4 rings (SSSR count). The first-order valence-electron chi connectivity index (χ1n) is 10.8. The van der Waals surface area contributed by atoms with E-state index in [2.05, 4.69) is 25.9 Å². The first-order valence-corrected chi connectivity index (χ1v) is 12.1. The van der Waals surface area contributed by atoms with Crippen LogP contribution >= 0.6 is 23.4 Å². The predicted octanol–water partition coefficient (Wildman–Crippen LogP) is 3.80. The summed E-state index contributed by atoms with van der Waals surface area (Å²) >= 11 is 7.42. The van der Waals surface area contributed by atoms with Crippen molar-refractivity contribution in [1.82, 2.24) is 25.1 Å². The lowest BCUT2D eigenvalue weighted by Gasteiger charge is -2.07. The molecule has 0 saturated carbocycles. The molecule has 2 N–H and O–H groups in total. The van der Waals surface area contributed by atoms with E-state index in [1.54, 1.807) is 54.1 Å². The summed E-state index contributed by atoms with van der Waals surface area (Å²) in [5.41, 5.74) is 2.72. The summed E-state index contributed by atoms with van der Waals surface area (Å²) < 4.78 is 6.73. The van der Waals surface area contributed by atoms with E-state index in [1.165, 1.54) is 11.8 Å². The molecule has 0 aliphatic carbocycles. The molecule has 9 nitrogen and oxygen atoms in total. The van der Waals surface area contributed by atoms with Crippen LogP contribution in [0.4, 0.5) is 5.69 Å². The molecule has 0 bridgehead atoms. The molecule has 0 saturated heterocycles. The minimum Gasteiger partial charge on any atom is -0.497 e. The van der Waals surface area contributed by atoms with Crippen LogP contribution in [0, 0.1) is 6.92 Å². The molecule has 0 fully saturated rings. The van der Waals surface area contributed by atoms with Gasteiger partial charge in [0.05, 0.1) is 12.9 Å². The molecule has 0 spiro atoms. The van der Waals surface area contributed by atoms with Gasteiger partial charge in [-0.15, -0.1) is 10.2 Å². The first kappa shape index (κ1) is 24.5. The highest BCUT2D eigenvalue weighted by molar-refractivity contribution is 7.99. The molecule has 0 unspecified atom stereocenters. The lowest BCUT2D eigenvalue weighted by Crippen LogP contribution is -2.26. The maximum Gasteiger partial charge on any atom is 0.251 e. The zero-order valence-corrected chi connectivity index (χ0v) is 20.7. The second-order valence-corrected chi connectivity index (χ2v) is 9.00. The Balaban J connectivity index is 1.32. The van der Waals surface area contributed by atoms with E-state index in [9.17, 15) is 9.59 Å². The number of hydrogen-bond acceptors (Lipinski definition) is 7. The molecule has 35 heavy (non-hydrogen) atoms. The molecule has 0 atom stereocenters. The van der Waals surface area contributed by atoms with Gasteiger partial charge < -0.3 is 15.4 Å². The van der Waals surface area contributed by atoms with Gasteiger partial charge in [-0.25, -0.2) is 0 Å². The van der Waals surface area contributed by atoms with Gasteiger partial charge in [0.25, 0.3) is 5.91 Å². The second-order valence-electron chi connectivity index (χ2n) is 7.59. The van der Waals surface area contributed by atoms with E-state index in [4.69, 9.17) is 16.3 Å². The normalized spacial score (nSPS) is 10.8. The van der Waals surface area contributed by atoms with Gasteiger partial charge in [-0.1, -0.05) is 29.4 Å². The number of halogens is 1. The average molecular weight is 511 g/mol. The van der Waals surface area contributed by atoms with Crippen molar-refractivity contribution >= 4 is 46.5 Å². The van der Waals surface area contributed by atoms with Gasteiger partial charge in [-0.3, -0.25) is 9.59 Å². The maximum absolute atomic E-state index is 12.3. The molecule has 0 radical (unpaired) electrons. The molecule has 0 aliphatic heterocycles. The van der Waals surface area contributed by atoms with E-state index in [1.807, 2.05) is 19.1 Å². The van der Waals surface area contributed by atoms with Crippen molar-refractivity contribution in [2.45, 2.75) is 18.4 Å². The first-order chi connectivity index (χ1) is 16.9. The topological polar surface area (TPSA) is 111 Å². The van der Waals surface area contributed by atoms with Gasteiger partial charge >= 0.3 is 0 Å². The highest BCUT2D eigenvalue weighted by atomic mass is 35.5. The molecule has 4 aromatic rings. The van der Waals surface area contributed by atoms with Crippen molar-refractivity contribution in [3.63, 3.8) is 0 Å². The third-order valence-corrected chi connectivity index (χ3v) is 6.42. The number of fused-ring (bicyclic) bond motifs is 1. The zero-order chi connectivity index (χ0) is 24.8. The number of methoxy groups -OCH3 is 1. The number of aryl methyl sites for hydroxylation is 1. The third-order valence-electron chi connectivity index (χ3n) is 5.10. The standard InChI is InChI=1S/C24H23ClN6O3S/c1-15-3-6-17(13-19(15)25)27-22(32)14-35-23-10-9-20-28-29-21(31(20)30-23)11-12-26-24(33)16-4-7-18(34-2)8-5-16/h3-10,13H,11-12,14H2,1-2H3,(H,26,33)(H,27,32). The Bertz CT molecular complexity index is 1360. The number of aromatic nitrogens is 4. The summed E-state index contributed by atoms with van der Waals surface area (Å²) in [6.07, 6.45) is 0.443. The number of nitrogens with zero attached hydrogens (tertiary/aromatic N) is 4. The SMILES string of the molecule is COc1ccc(C(=O)NCCc2nnc3ccc(SCC(=O)Nc4ccc(C)c(Cl)c4)nn23)cc1. The summed E-state index contributed by atoms with van der Waals surface area (Å²) in [7, 11) is 1.58. The van der Waals surface area contributed by atoms with Gasteiger partial charge in [0.15, 0.2) is 11.5 Å². The second kappa shape index (κ2) is 11.2. The summed E-state index contributed by atoms with van der Waals surface area (Å²) in [6, 6.07) is 15.9. The Hall–Kier alpha value is -3.63. The fourth-order valence-corrected chi connectivity index (χ4v) is 4.02. The minimum absolute atomic E-state index is 0.165. The molecule has 0 aliphatic rings. The van der Waals surface area contributed by atoms with Crippen LogP contribution in [0.3, 0.4) is 0 Å². The van der Waals surface area contributed by atoms with E-state index in [0.717, 1.165) is 5.56 Å². The van der Waals surface area contributed by atoms with E-state index in [0.29, 0.717) is 51.5 Å². The molecule has 2 aromatic carbocycles. The molecular formula is C24H23ClN6O3S. The van der Waals surface area contributed by atoms with Crippen LogP contribution in [-0.4, -0.2) is 51.0 Å². The lowest BCUT2D eigenvalue weighted by molar-refractivity contribution is -0.113. The van der Waals surface area contributed by atoms with E-state index < -0.39 is 0 Å². The molecular weight excluding hydrogens is 488 g/mol. The minimum atomic E-state index is -0.188. The number of carbonyl (C=O) groups excluding carboxylic acids is 2. The van der Waals surface area contributed by atoms with Crippen LogP contribution in [0.1, 0.15) is 21.7 Å². The molecule has 2 aromatic heterocycles. The van der Waals surface area contributed by atoms with Crippen LogP contribution < -0.4 is 15.4 Å². The number of ether oxygens (including phenoxy) is 1. The Labute approximate surface area is 211 Å². The fraction of sp³-hybridized carbons (Fsp3) is 0.208. The van der Waals surface area contributed by atoms with Crippen LogP contribution in [0.2, 0.25) is 5.02 Å². The number of rotatable bonds is 9. The maximum atomic E-state index is 12.3. The predicted molar refractivity (Wildman–Crippen MR) is 135 cm³/mol. The molecule has 2 amide bonds.